The second-order valence-electron chi connectivity index (χ2n) is 10.0. The van der Waals surface area contributed by atoms with Crippen molar-refractivity contribution in [3.05, 3.63) is 101 Å². The molecule has 0 aromatic heterocycles. The van der Waals surface area contributed by atoms with Crippen molar-refractivity contribution in [2.75, 3.05) is 39.8 Å². The number of benzene rings is 2. The highest BCUT2D eigenvalue weighted by molar-refractivity contribution is 5.80. The van der Waals surface area contributed by atoms with Crippen LogP contribution in [-0.2, 0) is 0 Å². The summed E-state index contributed by atoms with van der Waals surface area (Å²) in [6.45, 7) is 21.9. The van der Waals surface area contributed by atoms with Gasteiger partial charge < -0.3 is 0 Å². The van der Waals surface area contributed by atoms with E-state index in [1.165, 1.54) is 22.3 Å². The third-order valence-corrected chi connectivity index (χ3v) is 6.69. The maximum atomic E-state index is 13.4. The lowest BCUT2D eigenvalue weighted by atomic mass is 9.85. The van der Waals surface area contributed by atoms with E-state index in [1.54, 1.807) is 12.1 Å². The van der Waals surface area contributed by atoms with Crippen LogP contribution >= 0.6 is 0 Å². The van der Waals surface area contributed by atoms with Crippen molar-refractivity contribution in [2.24, 2.45) is 4.99 Å². The van der Waals surface area contributed by atoms with Crippen molar-refractivity contribution in [1.29, 1.82) is 0 Å². The van der Waals surface area contributed by atoms with Gasteiger partial charge in [-0.05, 0) is 70.4 Å². The van der Waals surface area contributed by atoms with E-state index in [9.17, 15) is 4.39 Å². The molecule has 1 saturated heterocycles. The lowest BCUT2D eigenvalue weighted by molar-refractivity contribution is 0.0867. The predicted molar refractivity (Wildman–Crippen MR) is 167 cm³/mol. The molecule has 2 aromatic carbocycles. The quantitative estimate of drug-likeness (QED) is 0.271. The fraction of sp³-hybridized carbons (Fsp3) is 0.441. The van der Waals surface area contributed by atoms with Crippen LogP contribution in [0.15, 0.2) is 89.0 Å². The van der Waals surface area contributed by atoms with Crippen molar-refractivity contribution < 1.29 is 4.39 Å². The molecule has 0 spiro atoms. The van der Waals surface area contributed by atoms with Gasteiger partial charge >= 0.3 is 0 Å². The highest BCUT2D eigenvalue weighted by Crippen LogP contribution is 2.33. The summed E-state index contributed by atoms with van der Waals surface area (Å²) in [6.07, 6.45) is 8.26. The first-order valence-corrected chi connectivity index (χ1v) is 13.9. The van der Waals surface area contributed by atoms with Gasteiger partial charge in [0.05, 0.1) is 0 Å². The van der Waals surface area contributed by atoms with Crippen LogP contribution in [0.5, 0.6) is 0 Å². The fourth-order valence-electron chi connectivity index (χ4n) is 4.37. The number of piperazine rings is 1. The Morgan fingerprint density at radius 3 is 1.97 bits per heavy atom. The van der Waals surface area contributed by atoms with Gasteiger partial charge in [0, 0.05) is 51.5 Å². The zero-order chi connectivity index (χ0) is 28.6. The summed E-state index contributed by atoms with van der Waals surface area (Å²) in [6, 6.07) is 17.1. The molecule has 0 saturated carbocycles. The normalized spacial score (nSPS) is 15.1. The monoisotopic (exact) mass is 519 g/mol. The Bertz CT molecular complexity index is 1030. The Labute approximate surface area is 232 Å². The summed E-state index contributed by atoms with van der Waals surface area (Å²) in [4.78, 5) is 9.25. The van der Waals surface area contributed by atoms with Crippen molar-refractivity contribution in [3.8, 4) is 0 Å². The zero-order valence-electron chi connectivity index (χ0n) is 25.3. The van der Waals surface area contributed by atoms with Crippen molar-refractivity contribution >= 4 is 11.8 Å². The number of allylic oxidation sites excluding steroid dienone is 4. The third kappa shape index (κ3) is 10.9. The Kier molecular flexibility index (Phi) is 15.4. The van der Waals surface area contributed by atoms with Gasteiger partial charge in [0.2, 0.25) is 0 Å². The van der Waals surface area contributed by atoms with Gasteiger partial charge in [-0.25, -0.2) is 4.39 Å². The number of hydrogen-bond acceptors (Lipinski definition) is 3. The molecular formula is C34H50FN3. The van der Waals surface area contributed by atoms with Gasteiger partial charge in [-0.15, -0.1) is 0 Å². The van der Waals surface area contributed by atoms with Crippen LogP contribution in [0.1, 0.15) is 59.6 Å². The SMILES string of the molecule is C/C=C\C=C(\c1ccc(F)cc1)C(C)(C)N1CCN(CC(C=NC)=C(C)C)CC1.CC.Cc1ccccc1. The van der Waals surface area contributed by atoms with Crippen LogP contribution in [0.4, 0.5) is 4.39 Å². The molecule has 0 radical (unpaired) electrons. The molecule has 3 nitrogen and oxygen atoms in total. The van der Waals surface area contributed by atoms with Crippen molar-refractivity contribution in [1.82, 2.24) is 9.80 Å². The Hall–Kier alpha value is -2.82. The molecular weight excluding hydrogens is 469 g/mol. The lowest BCUT2D eigenvalue weighted by Gasteiger charge is -2.45. The summed E-state index contributed by atoms with van der Waals surface area (Å²) >= 11 is 0. The van der Waals surface area contributed by atoms with Crippen LogP contribution in [0.2, 0.25) is 0 Å². The highest BCUT2D eigenvalue weighted by atomic mass is 19.1. The average molecular weight is 520 g/mol. The number of aryl methyl sites for hydroxylation is 1. The molecule has 2 aromatic rings. The topological polar surface area (TPSA) is 18.8 Å². The molecule has 4 heteroatoms. The molecule has 0 unspecified atom stereocenters. The van der Waals surface area contributed by atoms with E-state index < -0.39 is 0 Å². The summed E-state index contributed by atoms with van der Waals surface area (Å²) in [5.74, 6) is -0.198. The molecule has 208 valence electrons. The van der Waals surface area contributed by atoms with E-state index in [1.807, 2.05) is 70.4 Å². The van der Waals surface area contributed by atoms with E-state index in [-0.39, 0.29) is 11.4 Å². The molecule has 1 aliphatic rings. The van der Waals surface area contributed by atoms with Gasteiger partial charge in [0.25, 0.3) is 0 Å². The summed E-state index contributed by atoms with van der Waals surface area (Å²) < 4.78 is 13.4. The molecule has 0 atom stereocenters. The molecule has 38 heavy (non-hydrogen) atoms. The van der Waals surface area contributed by atoms with Gasteiger partial charge in [-0.2, -0.15) is 0 Å². The minimum absolute atomic E-state index is 0.145. The summed E-state index contributed by atoms with van der Waals surface area (Å²) in [5.41, 5.74) is 6.09. The molecule has 0 amide bonds. The van der Waals surface area contributed by atoms with Gasteiger partial charge in [0.15, 0.2) is 0 Å². The molecule has 1 heterocycles. The highest BCUT2D eigenvalue weighted by Gasteiger charge is 2.33. The number of nitrogens with zero attached hydrogens (tertiary/aromatic N) is 3. The van der Waals surface area contributed by atoms with Crippen LogP contribution in [0, 0.1) is 12.7 Å². The first-order chi connectivity index (χ1) is 18.2. The number of rotatable bonds is 7. The minimum Gasteiger partial charge on any atom is -0.296 e. The first-order valence-electron chi connectivity index (χ1n) is 13.9. The molecule has 0 N–H and O–H groups in total. The third-order valence-electron chi connectivity index (χ3n) is 6.69. The Morgan fingerprint density at radius 1 is 0.947 bits per heavy atom. The smallest absolute Gasteiger partial charge is 0.123 e. The summed E-state index contributed by atoms with van der Waals surface area (Å²) in [7, 11) is 1.83. The van der Waals surface area contributed by atoms with Crippen LogP contribution in [-0.4, -0.2) is 61.3 Å². The standard InChI is InChI=1S/C25H36FN3.C7H8.C2H6/c1-7-8-9-24(21-10-12-23(26)13-11-21)25(4,5)29-16-14-28(15-17-29)19-22(18-27-6)20(2)3;1-7-5-3-2-4-6-7;1-2/h7-13,18H,14-17,19H2,1-6H3;2-6H,1H3;1-2H3/b8-7-,24-9-,27-18?;;. The van der Waals surface area contributed by atoms with E-state index >= 15 is 0 Å². The van der Waals surface area contributed by atoms with Crippen LogP contribution in [0.3, 0.4) is 0 Å². The first kappa shape index (κ1) is 33.2. The zero-order valence-corrected chi connectivity index (χ0v) is 25.3. The molecule has 0 bridgehead atoms. The molecule has 1 aliphatic heterocycles. The second kappa shape index (κ2) is 17.6. The van der Waals surface area contributed by atoms with Crippen LogP contribution < -0.4 is 0 Å². The number of aliphatic imine (C=N–C) groups is 1. The fourth-order valence-corrected chi connectivity index (χ4v) is 4.37. The maximum Gasteiger partial charge on any atom is 0.123 e. The molecule has 0 aliphatic carbocycles. The second-order valence-corrected chi connectivity index (χ2v) is 10.0. The van der Waals surface area contributed by atoms with E-state index in [2.05, 4.69) is 73.7 Å². The number of halogens is 1. The Morgan fingerprint density at radius 2 is 1.53 bits per heavy atom. The van der Waals surface area contributed by atoms with E-state index in [4.69, 9.17) is 0 Å². The van der Waals surface area contributed by atoms with E-state index in [0.29, 0.717) is 0 Å². The van der Waals surface area contributed by atoms with Gasteiger partial charge in [0.1, 0.15) is 5.82 Å². The van der Waals surface area contributed by atoms with Gasteiger partial charge in [-0.3, -0.25) is 14.8 Å². The van der Waals surface area contributed by atoms with Crippen molar-refractivity contribution in [2.45, 2.75) is 60.9 Å². The summed E-state index contributed by atoms with van der Waals surface area (Å²) in [5, 5.41) is 0. The largest absolute Gasteiger partial charge is 0.296 e. The van der Waals surface area contributed by atoms with E-state index in [0.717, 1.165) is 38.3 Å². The predicted octanol–water partition coefficient (Wildman–Crippen LogP) is 8.24. The molecule has 1 fully saturated rings. The van der Waals surface area contributed by atoms with Crippen molar-refractivity contribution in [3.63, 3.8) is 0 Å². The maximum absolute atomic E-state index is 13.4. The molecule has 3 rings (SSSR count). The van der Waals surface area contributed by atoms with Crippen LogP contribution in [0.25, 0.3) is 5.57 Å². The van der Waals surface area contributed by atoms with Gasteiger partial charge in [-0.1, -0.05) is 85.7 Å². The minimum atomic E-state index is -0.198. The lowest BCUT2D eigenvalue weighted by Crippen LogP contribution is -2.55. The number of hydrogen-bond donors (Lipinski definition) is 0. The Balaban J connectivity index is 0.000000682. The average Bonchev–Trinajstić information content (AvgIpc) is 2.92.